The molecular weight excluding hydrogens is 450 g/mol. The van der Waals surface area contributed by atoms with Crippen molar-refractivity contribution < 1.29 is 19.4 Å². The molecule has 0 spiro atoms. The van der Waals surface area contributed by atoms with E-state index < -0.39 is 17.7 Å². The molecule has 0 bridgehead atoms. The average Bonchev–Trinajstić information content (AvgIpc) is 2.87. The standard InChI is InChI=1S/C31H33NO4/c1-32(21-10-13-23-11-3-2-4-12-23)22-20-27(24-14-9-15-24)36-30(33)31(34)25-16-5-7-18-28(25)35-29-19-8-6-17-26(29)31/h2-8,11-12,16-20,22,24,27,34H,9-10,13-15,21H2,1H3/b22-20+. The van der Waals surface area contributed by atoms with Crippen molar-refractivity contribution in [3.63, 3.8) is 0 Å². The number of hydrogen-bond donors (Lipinski definition) is 1. The molecule has 5 heteroatoms. The summed E-state index contributed by atoms with van der Waals surface area (Å²) in [7, 11) is 2.04. The van der Waals surface area contributed by atoms with Crippen molar-refractivity contribution >= 4 is 5.97 Å². The first kappa shape index (κ1) is 24.1. The number of esters is 1. The summed E-state index contributed by atoms with van der Waals surface area (Å²) in [5, 5.41) is 11.9. The van der Waals surface area contributed by atoms with Crippen molar-refractivity contribution in [2.75, 3.05) is 13.6 Å². The molecular formula is C31H33NO4. The maximum absolute atomic E-state index is 13.7. The van der Waals surface area contributed by atoms with E-state index in [0.717, 1.165) is 38.6 Å². The summed E-state index contributed by atoms with van der Waals surface area (Å²) in [6, 6.07) is 24.7. The molecule has 1 N–H and O–H groups in total. The number of carbonyl (C=O) groups is 1. The normalized spacial score (nSPS) is 16.8. The Bertz CT molecular complexity index is 1170. The Hall–Kier alpha value is -3.57. The Balaban J connectivity index is 1.31. The molecule has 5 rings (SSSR count). The average molecular weight is 484 g/mol. The minimum atomic E-state index is -1.93. The summed E-state index contributed by atoms with van der Waals surface area (Å²) in [5.74, 6) is 0.518. The molecule has 5 nitrogen and oxygen atoms in total. The highest BCUT2D eigenvalue weighted by Gasteiger charge is 2.49. The third kappa shape index (κ3) is 4.89. The number of aliphatic hydroxyl groups is 1. The molecule has 1 saturated carbocycles. The number of benzene rings is 3. The lowest BCUT2D eigenvalue weighted by atomic mass is 9.80. The lowest BCUT2D eigenvalue weighted by molar-refractivity contribution is -0.169. The van der Waals surface area contributed by atoms with E-state index in [0.29, 0.717) is 22.6 Å². The summed E-state index contributed by atoms with van der Waals surface area (Å²) in [6.07, 6.45) is 8.79. The van der Waals surface area contributed by atoms with Crippen LogP contribution < -0.4 is 4.74 Å². The van der Waals surface area contributed by atoms with Crippen molar-refractivity contribution in [2.24, 2.45) is 5.92 Å². The summed E-state index contributed by atoms with van der Waals surface area (Å²) < 4.78 is 12.0. The van der Waals surface area contributed by atoms with Crippen LogP contribution in [0.25, 0.3) is 0 Å². The van der Waals surface area contributed by atoms with E-state index in [1.54, 1.807) is 36.4 Å². The van der Waals surface area contributed by atoms with Crippen LogP contribution in [0, 0.1) is 5.92 Å². The number of para-hydroxylation sites is 2. The molecule has 3 aromatic carbocycles. The third-order valence-electron chi connectivity index (χ3n) is 7.28. The number of fused-ring (bicyclic) bond motifs is 2. The zero-order chi connectivity index (χ0) is 25.0. The smallest absolute Gasteiger partial charge is 0.348 e. The van der Waals surface area contributed by atoms with Gasteiger partial charge in [0.25, 0.3) is 0 Å². The van der Waals surface area contributed by atoms with Crippen LogP contribution in [0.4, 0.5) is 0 Å². The minimum Gasteiger partial charge on any atom is -0.457 e. The van der Waals surface area contributed by atoms with Crippen LogP contribution in [-0.4, -0.2) is 35.7 Å². The number of ether oxygens (including phenoxy) is 2. The predicted octanol–water partition coefficient (Wildman–Crippen LogP) is 5.82. The summed E-state index contributed by atoms with van der Waals surface area (Å²) in [6.45, 7) is 0.902. The number of rotatable bonds is 9. The fourth-order valence-electron chi connectivity index (χ4n) is 4.95. The van der Waals surface area contributed by atoms with Gasteiger partial charge in [0.2, 0.25) is 5.60 Å². The highest BCUT2D eigenvalue weighted by Crippen LogP contribution is 2.47. The van der Waals surface area contributed by atoms with Gasteiger partial charge in [0.1, 0.15) is 17.6 Å². The molecule has 186 valence electrons. The van der Waals surface area contributed by atoms with Crippen molar-refractivity contribution in [2.45, 2.75) is 43.8 Å². The maximum Gasteiger partial charge on any atom is 0.348 e. The second-order valence-corrected chi connectivity index (χ2v) is 9.78. The number of nitrogens with zero attached hydrogens (tertiary/aromatic N) is 1. The Morgan fingerprint density at radius 2 is 1.64 bits per heavy atom. The van der Waals surface area contributed by atoms with E-state index >= 15 is 0 Å². The quantitative estimate of drug-likeness (QED) is 0.389. The molecule has 2 aliphatic rings. The second kappa shape index (κ2) is 10.6. The predicted molar refractivity (Wildman–Crippen MR) is 140 cm³/mol. The number of aryl methyl sites for hydroxylation is 1. The lowest BCUT2D eigenvalue weighted by Crippen LogP contribution is -2.44. The third-order valence-corrected chi connectivity index (χ3v) is 7.28. The molecule has 0 aromatic heterocycles. The molecule has 1 aliphatic carbocycles. The monoisotopic (exact) mass is 483 g/mol. The van der Waals surface area contributed by atoms with Crippen LogP contribution in [0.5, 0.6) is 11.5 Å². The fourth-order valence-corrected chi connectivity index (χ4v) is 4.95. The molecule has 0 amide bonds. The SMILES string of the molecule is CN(/C=C/C(OC(=O)C1(O)c2ccccc2Oc2ccccc21)C1CCC1)CCCc1ccccc1. The first-order valence-electron chi connectivity index (χ1n) is 12.8. The topological polar surface area (TPSA) is 59.0 Å². The fraction of sp³-hybridized carbons (Fsp3) is 0.323. The van der Waals surface area contributed by atoms with Crippen LogP contribution in [0.3, 0.4) is 0 Å². The van der Waals surface area contributed by atoms with Gasteiger partial charge in [-0.2, -0.15) is 0 Å². The molecule has 1 fully saturated rings. The van der Waals surface area contributed by atoms with Gasteiger partial charge in [-0.1, -0.05) is 73.2 Å². The van der Waals surface area contributed by atoms with Crippen molar-refractivity contribution in [1.82, 2.24) is 4.90 Å². The Labute approximate surface area is 213 Å². The lowest BCUT2D eigenvalue weighted by Gasteiger charge is -2.37. The zero-order valence-electron chi connectivity index (χ0n) is 20.7. The van der Waals surface area contributed by atoms with Crippen LogP contribution in [0.15, 0.2) is 91.1 Å². The van der Waals surface area contributed by atoms with E-state index in [1.165, 1.54) is 5.56 Å². The molecule has 36 heavy (non-hydrogen) atoms. The summed E-state index contributed by atoms with van der Waals surface area (Å²) >= 11 is 0. The molecule has 3 aromatic rings. The van der Waals surface area contributed by atoms with Crippen molar-refractivity contribution in [3.05, 3.63) is 108 Å². The van der Waals surface area contributed by atoms with E-state index in [4.69, 9.17) is 9.47 Å². The molecule has 0 radical (unpaired) electrons. The van der Waals surface area contributed by atoms with Crippen LogP contribution in [0.1, 0.15) is 42.4 Å². The Morgan fingerprint density at radius 3 is 2.25 bits per heavy atom. The van der Waals surface area contributed by atoms with Gasteiger partial charge in [-0.15, -0.1) is 0 Å². The van der Waals surface area contributed by atoms with Gasteiger partial charge in [0.05, 0.1) is 0 Å². The largest absolute Gasteiger partial charge is 0.457 e. The molecule has 1 unspecified atom stereocenters. The van der Waals surface area contributed by atoms with Gasteiger partial charge in [-0.25, -0.2) is 4.79 Å². The van der Waals surface area contributed by atoms with Crippen LogP contribution >= 0.6 is 0 Å². The number of hydrogen-bond acceptors (Lipinski definition) is 5. The van der Waals surface area contributed by atoms with Gasteiger partial charge in [-0.3, -0.25) is 0 Å². The first-order chi connectivity index (χ1) is 17.6. The molecule has 1 atom stereocenters. The van der Waals surface area contributed by atoms with E-state index in [1.807, 2.05) is 37.5 Å². The van der Waals surface area contributed by atoms with Crippen LogP contribution in [-0.2, 0) is 21.6 Å². The summed E-state index contributed by atoms with van der Waals surface area (Å²) in [4.78, 5) is 15.8. The van der Waals surface area contributed by atoms with Crippen LogP contribution in [0.2, 0.25) is 0 Å². The van der Waals surface area contributed by atoms with Gasteiger partial charge in [-0.05, 0) is 61.6 Å². The Morgan fingerprint density at radius 1 is 1.03 bits per heavy atom. The molecule has 1 heterocycles. The van der Waals surface area contributed by atoms with Gasteiger partial charge < -0.3 is 19.5 Å². The minimum absolute atomic E-state index is 0.261. The van der Waals surface area contributed by atoms with Gasteiger partial charge in [0.15, 0.2) is 0 Å². The first-order valence-corrected chi connectivity index (χ1v) is 12.8. The summed E-state index contributed by atoms with van der Waals surface area (Å²) in [5.41, 5.74) is 0.218. The van der Waals surface area contributed by atoms with Gasteiger partial charge in [0, 0.05) is 24.7 Å². The van der Waals surface area contributed by atoms with Gasteiger partial charge >= 0.3 is 5.97 Å². The highest BCUT2D eigenvalue weighted by atomic mass is 16.6. The van der Waals surface area contributed by atoms with Crippen molar-refractivity contribution in [1.29, 1.82) is 0 Å². The van der Waals surface area contributed by atoms with E-state index in [2.05, 4.69) is 29.2 Å². The Kier molecular flexibility index (Phi) is 7.10. The second-order valence-electron chi connectivity index (χ2n) is 9.78. The molecule has 1 aliphatic heterocycles. The van der Waals surface area contributed by atoms with Crippen molar-refractivity contribution in [3.8, 4) is 11.5 Å². The van der Waals surface area contributed by atoms with E-state index in [9.17, 15) is 9.90 Å². The highest BCUT2D eigenvalue weighted by molar-refractivity contribution is 5.88. The maximum atomic E-state index is 13.7. The molecule has 0 saturated heterocycles. The number of carbonyl (C=O) groups excluding carboxylic acids is 1. The zero-order valence-corrected chi connectivity index (χ0v) is 20.7. The van der Waals surface area contributed by atoms with E-state index in [-0.39, 0.29) is 5.92 Å².